The van der Waals surface area contributed by atoms with Gasteiger partial charge in [0.25, 0.3) is 0 Å². The first-order valence-electron chi connectivity index (χ1n) is 8.83. The molecule has 23 heavy (non-hydrogen) atoms. The molecule has 1 aromatic rings. The van der Waals surface area contributed by atoms with Crippen LogP contribution in [0.4, 0.5) is 5.69 Å². The van der Waals surface area contributed by atoms with Gasteiger partial charge >= 0.3 is 0 Å². The molecule has 0 spiro atoms. The molecule has 1 saturated heterocycles. The Morgan fingerprint density at radius 3 is 2.87 bits per heavy atom. The summed E-state index contributed by atoms with van der Waals surface area (Å²) >= 11 is 0. The van der Waals surface area contributed by atoms with Crippen LogP contribution in [-0.2, 0) is 6.42 Å². The number of aryl methyl sites for hydroxylation is 1. The molecule has 1 atom stereocenters. The number of nitrogens with zero attached hydrogens (tertiary/aromatic N) is 2. The molecule has 0 aliphatic carbocycles. The number of benzene rings is 1. The number of nitrogens with one attached hydrogen (secondary N) is 1. The molecule has 0 amide bonds. The monoisotopic (exact) mass is 316 g/mol. The number of nitrogens with two attached hydrogens (primary N) is 1. The Labute approximate surface area is 141 Å². The van der Waals surface area contributed by atoms with E-state index < -0.39 is 0 Å². The molecule has 128 valence electrons. The van der Waals surface area contributed by atoms with Crippen LogP contribution < -0.4 is 11.1 Å². The van der Waals surface area contributed by atoms with E-state index >= 15 is 0 Å². The van der Waals surface area contributed by atoms with Gasteiger partial charge in [-0.1, -0.05) is 12.1 Å². The minimum Gasteiger partial charge on any atom is -0.388 e. The van der Waals surface area contributed by atoms with Crippen molar-refractivity contribution >= 4 is 11.5 Å². The lowest BCUT2D eigenvalue weighted by Gasteiger charge is -2.29. The fourth-order valence-corrected chi connectivity index (χ4v) is 3.53. The molecule has 1 fully saturated rings. The summed E-state index contributed by atoms with van der Waals surface area (Å²) in [6.45, 7) is 6.58. The lowest BCUT2D eigenvalue weighted by Crippen LogP contribution is -2.32. The summed E-state index contributed by atoms with van der Waals surface area (Å²) in [6, 6.07) is 6.60. The van der Waals surface area contributed by atoms with Gasteiger partial charge in [0.2, 0.25) is 0 Å². The van der Waals surface area contributed by atoms with Gasteiger partial charge < -0.3 is 16.0 Å². The Bertz CT molecular complexity index is 536. The molecule has 0 aromatic heterocycles. The average Bonchev–Trinajstić information content (AvgIpc) is 2.51. The van der Waals surface area contributed by atoms with Crippen molar-refractivity contribution in [3.63, 3.8) is 0 Å². The lowest BCUT2D eigenvalue weighted by molar-refractivity contribution is 0.202. The number of hydrogen-bond donors (Lipinski definition) is 2. The first-order chi connectivity index (χ1) is 11.0. The predicted octanol–water partition coefficient (Wildman–Crippen LogP) is 3.12. The summed E-state index contributed by atoms with van der Waals surface area (Å²) in [5.41, 5.74) is 9.78. The average molecular weight is 316 g/mol. The summed E-state index contributed by atoms with van der Waals surface area (Å²) in [5.74, 6) is 1.45. The van der Waals surface area contributed by atoms with Gasteiger partial charge in [0.1, 0.15) is 5.84 Å². The van der Waals surface area contributed by atoms with E-state index in [0.29, 0.717) is 5.84 Å². The maximum absolute atomic E-state index is 6.31. The Morgan fingerprint density at radius 1 is 1.43 bits per heavy atom. The van der Waals surface area contributed by atoms with Gasteiger partial charge in [-0.25, -0.2) is 0 Å². The van der Waals surface area contributed by atoms with Crippen molar-refractivity contribution in [1.29, 1.82) is 0 Å². The molecule has 2 rings (SSSR count). The van der Waals surface area contributed by atoms with Crippen molar-refractivity contribution in [3.8, 4) is 0 Å². The van der Waals surface area contributed by atoms with E-state index in [1.165, 1.54) is 37.9 Å². The van der Waals surface area contributed by atoms with Crippen molar-refractivity contribution in [2.24, 2.45) is 16.6 Å². The Hall–Kier alpha value is -1.55. The van der Waals surface area contributed by atoms with Gasteiger partial charge in [-0.05, 0) is 70.7 Å². The van der Waals surface area contributed by atoms with Crippen LogP contribution in [0.2, 0.25) is 0 Å². The van der Waals surface area contributed by atoms with E-state index in [2.05, 4.69) is 54.3 Å². The Balaban J connectivity index is 2.17. The Morgan fingerprint density at radius 2 is 2.22 bits per heavy atom. The second kappa shape index (κ2) is 8.34. The third-order valence-corrected chi connectivity index (χ3v) is 4.62. The molecule has 1 unspecified atom stereocenters. The van der Waals surface area contributed by atoms with Gasteiger partial charge in [0, 0.05) is 30.9 Å². The fraction of sp³-hybridized carbons (Fsp3) is 0.632. The number of aliphatic imine (C=N–C) groups is 1. The highest BCUT2D eigenvalue weighted by Crippen LogP contribution is 2.25. The van der Waals surface area contributed by atoms with Gasteiger partial charge in [-0.15, -0.1) is 0 Å². The number of anilines is 1. The number of hydrogen-bond acceptors (Lipinski definition) is 3. The SMILES string of the molecule is CNc1cccc(CCC2CCCN(C)C2)c1C(N)=NC(C)C. The van der Waals surface area contributed by atoms with Crippen LogP contribution in [-0.4, -0.2) is 44.0 Å². The third kappa shape index (κ3) is 4.96. The van der Waals surface area contributed by atoms with E-state index in [-0.39, 0.29) is 6.04 Å². The highest BCUT2D eigenvalue weighted by molar-refractivity contribution is 6.03. The van der Waals surface area contributed by atoms with E-state index in [1.807, 2.05) is 7.05 Å². The summed E-state index contributed by atoms with van der Waals surface area (Å²) < 4.78 is 0. The topological polar surface area (TPSA) is 53.6 Å². The number of amidine groups is 1. The quantitative estimate of drug-likeness (QED) is 0.626. The fourth-order valence-electron chi connectivity index (χ4n) is 3.53. The van der Waals surface area contributed by atoms with Crippen LogP contribution in [0.3, 0.4) is 0 Å². The Kier molecular flexibility index (Phi) is 6.46. The lowest BCUT2D eigenvalue weighted by atomic mass is 9.90. The van der Waals surface area contributed by atoms with Crippen LogP contribution in [0, 0.1) is 5.92 Å². The van der Waals surface area contributed by atoms with Crippen LogP contribution in [0.25, 0.3) is 0 Å². The van der Waals surface area contributed by atoms with Crippen LogP contribution in [0.1, 0.15) is 44.2 Å². The smallest absolute Gasteiger partial charge is 0.128 e. The number of piperidine rings is 1. The molecule has 3 N–H and O–H groups in total. The molecule has 4 heteroatoms. The maximum Gasteiger partial charge on any atom is 0.128 e. The summed E-state index contributed by atoms with van der Waals surface area (Å²) in [7, 11) is 4.17. The second-order valence-electron chi connectivity index (χ2n) is 7.01. The van der Waals surface area contributed by atoms with Gasteiger partial charge in [0.15, 0.2) is 0 Å². The van der Waals surface area contributed by atoms with E-state index in [0.717, 1.165) is 23.6 Å². The molecule has 0 bridgehead atoms. The summed E-state index contributed by atoms with van der Waals surface area (Å²) in [5, 5.41) is 3.27. The molecule has 0 radical (unpaired) electrons. The van der Waals surface area contributed by atoms with E-state index in [9.17, 15) is 0 Å². The molecule has 1 aromatic carbocycles. The van der Waals surface area contributed by atoms with Crippen molar-refractivity contribution in [2.75, 3.05) is 32.5 Å². The normalized spacial score (nSPS) is 20.0. The molecule has 1 aliphatic heterocycles. The molecule has 4 nitrogen and oxygen atoms in total. The molecule has 1 aliphatic rings. The molecular formula is C19H32N4. The van der Waals surface area contributed by atoms with E-state index in [1.54, 1.807) is 0 Å². The van der Waals surface area contributed by atoms with E-state index in [4.69, 9.17) is 5.73 Å². The second-order valence-corrected chi connectivity index (χ2v) is 7.01. The number of likely N-dealkylation sites (tertiary alicyclic amines) is 1. The molecular weight excluding hydrogens is 284 g/mol. The van der Waals surface area contributed by atoms with Crippen molar-refractivity contribution < 1.29 is 0 Å². The van der Waals surface area contributed by atoms with Gasteiger partial charge in [0.05, 0.1) is 0 Å². The zero-order valence-electron chi connectivity index (χ0n) is 15.1. The highest BCUT2D eigenvalue weighted by Gasteiger charge is 2.18. The van der Waals surface area contributed by atoms with Crippen LogP contribution in [0.5, 0.6) is 0 Å². The van der Waals surface area contributed by atoms with Crippen molar-refractivity contribution in [2.45, 2.75) is 45.6 Å². The first kappa shape index (κ1) is 17.8. The predicted molar refractivity (Wildman–Crippen MR) is 100 cm³/mol. The van der Waals surface area contributed by atoms with Gasteiger partial charge in [-0.3, -0.25) is 4.99 Å². The minimum atomic E-state index is 0.208. The third-order valence-electron chi connectivity index (χ3n) is 4.62. The van der Waals surface area contributed by atoms with Crippen molar-refractivity contribution in [1.82, 2.24) is 4.90 Å². The maximum atomic E-state index is 6.31. The summed E-state index contributed by atoms with van der Waals surface area (Å²) in [4.78, 5) is 7.02. The highest BCUT2D eigenvalue weighted by atomic mass is 15.1. The standard InChI is InChI=1S/C19H32N4/c1-14(2)22-19(20)18-16(8-5-9-17(18)21-3)11-10-15-7-6-12-23(4)13-15/h5,8-9,14-15,21H,6-7,10-13H2,1-4H3,(H2,20,22). The minimum absolute atomic E-state index is 0.208. The largest absolute Gasteiger partial charge is 0.388 e. The molecule has 0 saturated carbocycles. The molecule has 1 heterocycles. The first-order valence-corrected chi connectivity index (χ1v) is 8.83. The van der Waals surface area contributed by atoms with Crippen LogP contribution in [0.15, 0.2) is 23.2 Å². The van der Waals surface area contributed by atoms with Crippen LogP contribution >= 0.6 is 0 Å². The number of rotatable bonds is 6. The zero-order chi connectivity index (χ0) is 16.8. The van der Waals surface area contributed by atoms with Crippen molar-refractivity contribution in [3.05, 3.63) is 29.3 Å². The zero-order valence-corrected chi connectivity index (χ0v) is 15.1. The van der Waals surface area contributed by atoms with Gasteiger partial charge in [-0.2, -0.15) is 0 Å². The summed E-state index contributed by atoms with van der Waals surface area (Å²) in [6.07, 6.45) is 4.96.